The zero-order chi connectivity index (χ0) is 11.8. The number of unbranched alkanes of at least 4 members (excludes halogenated alkanes) is 1. The second-order valence-electron chi connectivity index (χ2n) is 4.69. The van der Waals surface area contributed by atoms with Crippen LogP contribution in [0.4, 0.5) is 0 Å². The van der Waals surface area contributed by atoms with Gasteiger partial charge in [0.25, 0.3) is 0 Å². The Morgan fingerprint density at radius 1 is 1.19 bits per heavy atom. The molecule has 0 aromatic carbocycles. The fraction of sp³-hybridized carbons (Fsp3) is 0.917. The Hall–Kier alpha value is -0.610. The zero-order valence-electron chi connectivity index (χ0n) is 9.82. The van der Waals surface area contributed by atoms with Gasteiger partial charge in [0.1, 0.15) is 0 Å². The van der Waals surface area contributed by atoms with Gasteiger partial charge in [-0.2, -0.15) is 0 Å². The minimum Gasteiger partial charge on any atom is -0.481 e. The molecule has 4 nitrogen and oxygen atoms in total. The number of hydrogen-bond donors (Lipinski definition) is 3. The number of aliphatic carboxylic acids is 1. The summed E-state index contributed by atoms with van der Waals surface area (Å²) in [5, 5.41) is 20.8. The van der Waals surface area contributed by atoms with E-state index in [9.17, 15) is 4.79 Å². The highest BCUT2D eigenvalue weighted by Gasteiger charge is 2.25. The van der Waals surface area contributed by atoms with Crippen molar-refractivity contribution in [3.8, 4) is 0 Å². The van der Waals surface area contributed by atoms with E-state index in [1.54, 1.807) is 0 Å². The minimum atomic E-state index is -0.630. The molecule has 0 aromatic rings. The van der Waals surface area contributed by atoms with E-state index in [0.717, 1.165) is 51.6 Å². The Balaban J connectivity index is 2.02. The molecule has 0 aromatic heterocycles. The topological polar surface area (TPSA) is 69.6 Å². The molecule has 1 rings (SSSR count). The number of hydrogen-bond acceptors (Lipinski definition) is 3. The normalized spacial score (nSPS) is 25.6. The molecule has 0 heterocycles. The van der Waals surface area contributed by atoms with Crippen LogP contribution in [0.1, 0.15) is 38.5 Å². The van der Waals surface area contributed by atoms with E-state index in [1.165, 1.54) is 0 Å². The van der Waals surface area contributed by atoms with Gasteiger partial charge in [-0.1, -0.05) is 0 Å². The van der Waals surface area contributed by atoms with Crippen molar-refractivity contribution in [3.63, 3.8) is 0 Å². The number of carboxylic acids is 1. The van der Waals surface area contributed by atoms with Gasteiger partial charge in [-0.15, -0.1) is 0 Å². The molecule has 3 N–H and O–H groups in total. The van der Waals surface area contributed by atoms with Crippen LogP contribution in [0.2, 0.25) is 0 Å². The van der Waals surface area contributed by atoms with E-state index >= 15 is 0 Å². The molecular formula is C12H23NO3. The average molecular weight is 229 g/mol. The molecule has 4 heteroatoms. The molecule has 0 radical (unpaired) electrons. The molecule has 0 amide bonds. The molecule has 16 heavy (non-hydrogen) atoms. The lowest BCUT2D eigenvalue weighted by atomic mass is 9.82. The summed E-state index contributed by atoms with van der Waals surface area (Å²) in [6, 6.07) is 0. The first-order valence-electron chi connectivity index (χ1n) is 6.28. The molecule has 1 fully saturated rings. The fourth-order valence-electron chi connectivity index (χ4n) is 2.28. The molecule has 0 bridgehead atoms. The lowest BCUT2D eigenvalue weighted by Gasteiger charge is -2.26. The van der Waals surface area contributed by atoms with E-state index in [0.29, 0.717) is 5.92 Å². The van der Waals surface area contributed by atoms with Crippen molar-refractivity contribution in [1.82, 2.24) is 5.32 Å². The lowest BCUT2D eigenvalue weighted by molar-refractivity contribution is -0.143. The Morgan fingerprint density at radius 2 is 1.88 bits per heavy atom. The SMILES string of the molecule is O=C(O)C1CCC(CNCCCCO)CC1. The van der Waals surface area contributed by atoms with Gasteiger partial charge in [0.15, 0.2) is 0 Å². The molecule has 1 saturated carbocycles. The summed E-state index contributed by atoms with van der Waals surface area (Å²) >= 11 is 0. The van der Waals surface area contributed by atoms with Gasteiger partial charge < -0.3 is 15.5 Å². The van der Waals surface area contributed by atoms with E-state index in [1.807, 2.05) is 0 Å². The van der Waals surface area contributed by atoms with Crippen molar-refractivity contribution in [2.45, 2.75) is 38.5 Å². The summed E-state index contributed by atoms with van der Waals surface area (Å²) in [5.41, 5.74) is 0. The number of nitrogens with one attached hydrogen (secondary N) is 1. The van der Waals surface area contributed by atoms with Gasteiger partial charge >= 0.3 is 5.97 Å². The molecule has 0 saturated heterocycles. The second-order valence-corrected chi connectivity index (χ2v) is 4.69. The molecule has 0 atom stereocenters. The van der Waals surface area contributed by atoms with Crippen molar-refractivity contribution in [2.24, 2.45) is 11.8 Å². The molecular weight excluding hydrogens is 206 g/mol. The monoisotopic (exact) mass is 229 g/mol. The van der Waals surface area contributed by atoms with Crippen LogP contribution < -0.4 is 5.32 Å². The largest absolute Gasteiger partial charge is 0.481 e. The number of carbonyl (C=O) groups is 1. The summed E-state index contributed by atoms with van der Waals surface area (Å²) in [7, 11) is 0. The summed E-state index contributed by atoms with van der Waals surface area (Å²) in [6.45, 7) is 2.22. The van der Waals surface area contributed by atoms with Crippen LogP contribution in [0.5, 0.6) is 0 Å². The zero-order valence-corrected chi connectivity index (χ0v) is 9.82. The maximum Gasteiger partial charge on any atom is 0.306 e. The van der Waals surface area contributed by atoms with Gasteiger partial charge in [-0.3, -0.25) is 4.79 Å². The van der Waals surface area contributed by atoms with Crippen molar-refractivity contribution in [3.05, 3.63) is 0 Å². The first-order chi connectivity index (χ1) is 7.74. The number of carboxylic acid groups (broad SMARTS) is 1. The first kappa shape index (κ1) is 13.5. The van der Waals surface area contributed by atoms with E-state index in [2.05, 4.69) is 5.32 Å². The van der Waals surface area contributed by atoms with Gasteiger partial charge in [-0.25, -0.2) is 0 Å². The maximum absolute atomic E-state index is 10.8. The number of aliphatic hydroxyl groups is 1. The van der Waals surface area contributed by atoms with Crippen LogP contribution in [-0.4, -0.2) is 35.9 Å². The molecule has 1 aliphatic rings. The predicted octanol–water partition coefficient (Wildman–Crippen LogP) is 1.24. The predicted molar refractivity (Wildman–Crippen MR) is 62.3 cm³/mol. The highest BCUT2D eigenvalue weighted by molar-refractivity contribution is 5.69. The molecule has 0 unspecified atom stereocenters. The highest BCUT2D eigenvalue weighted by Crippen LogP contribution is 2.28. The van der Waals surface area contributed by atoms with Gasteiger partial charge in [0.2, 0.25) is 0 Å². The van der Waals surface area contributed by atoms with Gasteiger partial charge in [0, 0.05) is 6.61 Å². The van der Waals surface area contributed by atoms with Gasteiger partial charge in [0.05, 0.1) is 5.92 Å². The average Bonchev–Trinajstić information content (AvgIpc) is 2.29. The Labute approximate surface area is 97.0 Å². The van der Waals surface area contributed by atoms with Crippen LogP contribution in [0.25, 0.3) is 0 Å². The number of rotatable bonds is 7. The van der Waals surface area contributed by atoms with Crippen molar-refractivity contribution < 1.29 is 15.0 Å². The third-order valence-corrected chi connectivity index (χ3v) is 3.39. The van der Waals surface area contributed by atoms with Crippen LogP contribution in [0, 0.1) is 11.8 Å². The van der Waals surface area contributed by atoms with E-state index in [4.69, 9.17) is 10.2 Å². The van der Waals surface area contributed by atoms with Crippen LogP contribution in [0.3, 0.4) is 0 Å². The standard InChI is InChI=1S/C12H23NO3/c14-8-2-1-7-13-9-10-3-5-11(6-4-10)12(15)16/h10-11,13-14H,1-9H2,(H,15,16). The summed E-state index contributed by atoms with van der Waals surface area (Å²) in [6.07, 6.45) is 5.60. The Kier molecular flexibility index (Phi) is 6.42. The first-order valence-corrected chi connectivity index (χ1v) is 6.28. The molecule has 0 spiro atoms. The third-order valence-electron chi connectivity index (χ3n) is 3.39. The fourth-order valence-corrected chi connectivity index (χ4v) is 2.28. The van der Waals surface area contributed by atoms with Crippen molar-refractivity contribution in [2.75, 3.05) is 19.7 Å². The maximum atomic E-state index is 10.8. The number of aliphatic hydroxyl groups excluding tert-OH is 1. The summed E-state index contributed by atoms with van der Waals surface area (Å²) < 4.78 is 0. The van der Waals surface area contributed by atoms with Gasteiger partial charge in [-0.05, 0) is 57.5 Å². The van der Waals surface area contributed by atoms with Crippen LogP contribution in [-0.2, 0) is 4.79 Å². The van der Waals surface area contributed by atoms with Crippen LogP contribution >= 0.6 is 0 Å². The quantitative estimate of drug-likeness (QED) is 0.574. The molecule has 94 valence electrons. The van der Waals surface area contributed by atoms with Crippen molar-refractivity contribution in [1.29, 1.82) is 0 Å². The van der Waals surface area contributed by atoms with E-state index in [-0.39, 0.29) is 12.5 Å². The lowest BCUT2D eigenvalue weighted by Crippen LogP contribution is -2.29. The molecule has 1 aliphatic carbocycles. The second kappa shape index (κ2) is 7.63. The van der Waals surface area contributed by atoms with Crippen LogP contribution in [0.15, 0.2) is 0 Å². The third kappa shape index (κ3) is 4.94. The van der Waals surface area contributed by atoms with E-state index < -0.39 is 5.97 Å². The Morgan fingerprint density at radius 3 is 2.44 bits per heavy atom. The summed E-state index contributed by atoms with van der Waals surface area (Å²) in [4.78, 5) is 10.8. The summed E-state index contributed by atoms with van der Waals surface area (Å²) in [5.74, 6) is -0.0929. The molecule has 0 aliphatic heterocycles. The smallest absolute Gasteiger partial charge is 0.306 e. The Bertz CT molecular complexity index is 200. The minimum absolute atomic E-state index is 0.106. The van der Waals surface area contributed by atoms with Crippen molar-refractivity contribution >= 4 is 5.97 Å². The highest BCUT2D eigenvalue weighted by atomic mass is 16.4.